The van der Waals surface area contributed by atoms with Gasteiger partial charge < -0.3 is 20.8 Å². The van der Waals surface area contributed by atoms with E-state index < -0.39 is 23.1 Å². The summed E-state index contributed by atoms with van der Waals surface area (Å²) >= 11 is 7.25. The Bertz CT molecular complexity index is 1860. The molecule has 0 aliphatic carbocycles. The van der Waals surface area contributed by atoms with Crippen LogP contribution in [0.3, 0.4) is 0 Å². The number of halogens is 1. The lowest BCUT2D eigenvalue weighted by Crippen LogP contribution is -2.19. The first-order valence-corrected chi connectivity index (χ1v) is 14.2. The highest BCUT2D eigenvalue weighted by Gasteiger charge is 2.23. The third kappa shape index (κ3) is 6.69. The first kappa shape index (κ1) is 29.4. The molecule has 8 nitrogen and oxygen atoms in total. The molecule has 5 rings (SSSR count). The van der Waals surface area contributed by atoms with Crippen LogP contribution in [0.1, 0.15) is 41.9 Å². The second-order valence-electron chi connectivity index (χ2n) is 9.39. The fourth-order valence-corrected chi connectivity index (χ4v) is 5.76. The summed E-state index contributed by atoms with van der Waals surface area (Å²) in [6, 6.07) is 30.2. The number of benzene rings is 5. The maximum Gasteiger partial charge on any atom is 0.337 e. The highest BCUT2D eigenvalue weighted by atomic mass is 35.5. The smallest absolute Gasteiger partial charge is 0.337 e. The maximum atomic E-state index is 13.4. The minimum Gasteiger partial charge on any atom is -0.478 e. The molecule has 5 aromatic carbocycles. The Labute approximate surface area is 255 Å². The van der Waals surface area contributed by atoms with Gasteiger partial charge in [0.15, 0.2) is 0 Å². The second-order valence-corrected chi connectivity index (χ2v) is 11.0. The van der Waals surface area contributed by atoms with Crippen LogP contribution in [0.2, 0.25) is 5.02 Å². The van der Waals surface area contributed by atoms with Crippen LogP contribution in [0.15, 0.2) is 114 Å². The molecule has 0 spiro atoms. The molecular formula is C33H23ClN2O6S. The fourth-order valence-electron chi connectivity index (χ4n) is 4.54. The van der Waals surface area contributed by atoms with Crippen LogP contribution in [-0.2, 0) is 4.79 Å². The van der Waals surface area contributed by atoms with Crippen molar-refractivity contribution in [1.82, 2.24) is 0 Å². The Morgan fingerprint density at radius 1 is 0.651 bits per heavy atom. The Hall–Kier alpha value is -5.12. The summed E-state index contributed by atoms with van der Waals surface area (Å²) in [5.41, 5.74) is 1.68. The van der Waals surface area contributed by atoms with Gasteiger partial charge in [0.05, 0.1) is 16.1 Å². The van der Waals surface area contributed by atoms with Crippen molar-refractivity contribution < 1.29 is 29.4 Å². The predicted molar refractivity (Wildman–Crippen MR) is 167 cm³/mol. The number of rotatable bonds is 9. The third-order valence-corrected chi connectivity index (χ3v) is 8.15. The first-order chi connectivity index (χ1) is 20.7. The highest BCUT2D eigenvalue weighted by Crippen LogP contribution is 2.37. The number of thioether (sulfide) groups is 1. The predicted octanol–water partition coefficient (Wildman–Crippen LogP) is 7.61. The number of amides is 2. The number of carboxylic acids is 2. The first-order valence-electron chi connectivity index (χ1n) is 12.9. The van der Waals surface area contributed by atoms with E-state index in [-0.39, 0.29) is 27.6 Å². The summed E-state index contributed by atoms with van der Waals surface area (Å²) in [5, 5.41) is 25.0. The standard InChI is InChI=1S/C33H23ClN2O6S/c34-27-17-14-22(18-26(27)33(41)42)36-31(38)29(20-6-2-1-3-7-20)43-23-15-12-21(13-16-23)35-30(37)24-10-4-8-19-9-5-11-25(28(19)24)32(39)40/h1-18,29H,(H,35,37)(H,36,38)(H,39,40)(H,41,42). The SMILES string of the molecule is O=C(O)c1cc(NC(=O)C(Sc2ccc(NC(=O)c3cccc4cccc(C(=O)O)c34)cc2)c2ccccc2)ccc1Cl. The van der Waals surface area contributed by atoms with Crippen LogP contribution in [0.5, 0.6) is 0 Å². The van der Waals surface area contributed by atoms with Crippen LogP contribution < -0.4 is 10.6 Å². The molecule has 214 valence electrons. The Morgan fingerprint density at radius 3 is 1.93 bits per heavy atom. The summed E-state index contributed by atoms with van der Waals surface area (Å²) in [4.78, 5) is 50.6. The van der Waals surface area contributed by atoms with Crippen molar-refractivity contribution in [2.24, 2.45) is 0 Å². The average molecular weight is 611 g/mol. The minimum atomic E-state index is -1.20. The van der Waals surface area contributed by atoms with E-state index in [9.17, 15) is 29.4 Å². The molecule has 0 aliphatic heterocycles. The molecule has 1 atom stereocenters. The number of carbonyl (C=O) groups is 4. The van der Waals surface area contributed by atoms with E-state index in [0.717, 1.165) is 10.5 Å². The van der Waals surface area contributed by atoms with E-state index in [1.807, 2.05) is 30.3 Å². The van der Waals surface area contributed by atoms with Crippen molar-refractivity contribution in [3.05, 3.63) is 136 Å². The zero-order valence-electron chi connectivity index (χ0n) is 22.3. The number of aromatic carboxylic acids is 2. The number of hydrogen-bond acceptors (Lipinski definition) is 5. The molecule has 0 radical (unpaired) electrons. The van der Waals surface area contributed by atoms with Crippen LogP contribution in [0.4, 0.5) is 11.4 Å². The number of carboxylic acid groups (broad SMARTS) is 2. The van der Waals surface area contributed by atoms with Crippen molar-refractivity contribution in [2.75, 3.05) is 10.6 Å². The lowest BCUT2D eigenvalue weighted by atomic mass is 9.98. The normalized spacial score (nSPS) is 11.5. The number of nitrogens with one attached hydrogen (secondary N) is 2. The van der Waals surface area contributed by atoms with E-state index in [0.29, 0.717) is 22.1 Å². The van der Waals surface area contributed by atoms with Crippen LogP contribution in [-0.4, -0.2) is 34.0 Å². The summed E-state index contributed by atoms with van der Waals surface area (Å²) in [6.07, 6.45) is 0. The van der Waals surface area contributed by atoms with Crippen molar-refractivity contribution in [1.29, 1.82) is 0 Å². The van der Waals surface area contributed by atoms with Crippen LogP contribution in [0.25, 0.3) is 10.8 Å². The van der Waals surface area contributed by atoms with Gasteiger partial charge in [-0.05, 0) is 65.5 Å². The second kappa shape index (κ2) is 12.8. The van der Waals surface area contributed by atoms with Crippen molar-refractivity contribution in [2.45, 2.75) is 10.1 Å². The highest BCUT2D eigenvalue weighted by molar-refractivity contribution is 8.00. The Kier molecular flexibility index (Phi) is 8.75. The zero-order chi connectivity index (χ0) is 30.5. The van der Waals surface area contributed by atoms with Gasteiger partial charge in [0.1, 0.15) is 5.25 Å². The topological polar surface area (TPSA) is 133 Å². The van der Waals surface area contributed by atoms with Crippen LogP contribution in [0, 0.1) is 0 Å². The Morgan fingerprint density at radius 2 is 1.28 bits per heavy atom. The summed E-state index contributed by atoms with van der Waals surface area (Å²) < 4.78 is 0. The van der Waals surface area contributed by atoms with E-state index >= 15 is 0 Å². The lowest BCUT2D eigenvalue weighted by Gasteiger charge is -2.18. The number of anilines is 2. The molecule has 2 amide bonds. The number of hydrogen-bond donors (Lipinski definition) is 4. The molecule has 1 unspecified atom stereocenters. The largest absolute Gasteiger partial charge is 0.478 e. The Balaban J connectivity index is 1.35. The van der Waals surface area contributed by atoms with E-state index in [4.69, 9.17) is 11.6 Å². The molecule has 0 heterocycles. The molecule has 10 heteroatoms. The van der Waals surface area contributed by atoms with Crippen molar-refractivity contribution in [3.63, 3.8) is 0 Å². The van der Waals surface area contributed by atoms with E-state index in [1.165, 1.54) is 36.0 Å². The van der Waals surface area contributed by atoms with Crippen molar-refractivity contribution >= 4 is 69.3 Å². The molecule has 4 N–H and O–H groups in total. The van der Waals surface area contributed by atoms with Crippen molar-refractivity contribution in [3.8, 4) is 0 Å². The van der Waals surface area contributed by atoms with E-state index in [2.05, 4.69) is 10.6 Å². The molecule has 0 saturated heterocycles. The van der Waals surface area contributed by atoms with Gasteiger partial charge in [-0.15, -0.1) is 11.8 Å². The molecule has 0 aromatic heterocycles. The zero-order valence-corrected chi connectivity index (χ0v) is 23.9. The van der Waals surface area contributed by atoms with Gasteiger partial charge in [-0.1, -0.05) is 66.2 Å². The molecule has 0 aliphatic rings. The van der Waals surface area contributed by atoms with Gasteiger partial charge in [0, 0.05) is 27.2 Å². The third-order valence-electron chi connectivity index (χ3n) is 6.55. The molecule has 0 fully saturated rings. The minimum absolute atomic E-state index is 0.0398. The summed E-state index contributed by atoms with van der Waals surface area (Å²) in [5.74, 6) is -3.14. The van der Waals surface area contributed by atoms with Gasteiger partial charge in [0.2, 0.25) is 5.91 Å². The lowest BCUT2D eigenvalue weighted by molar-refractivity contribution is -0.115. The summed E-state index contributed by atoms with van der Waals surface area (Å²) in [6.45, 7) is 0. The van der Waals surface area contributed by atoms with E-state index in [1.54, 1.807) is 54.6 Å². The van der Waals surface area contributed by atoms with Gasteiger partial charge in [-0.25, -0.2) is 9.59 Å². The van der Waals surface area contributed by atoms with Gasteiger partial charge in [-0.3, -0.25) is 9.59 Å². The molecular weight excluding hydrogens is 588 g/mol. The summed E-state index contributed by atoms with van der Waals surface area (Å²) in [7, 11) is 0. The molecule has 0 bridgehead atoms. The van der Waals surface area contributed by atoms with Gasteiger partial charge >= 0.3 is 11.9 Å². The quantitative estimate of drug-likeness (QED) is 0.126. The fraction of sp³-hybridized carbons (Fsp3) is 0.0303. The number of fused-ring (bicyclic) bond motifs is 1. The average Bonchev–Trinajstić information content (AvgIpc) is 3.01. The molecule has 0 saturated carbocycles. The molecule has 5 aromatic rings. The monoisotopic (exact) mass is 610 g/mol. The van der Waals surface area contributed by atoms with Gasteiger partial charge in [0.25, 0.3) is 5.91 Å². The van der Waals surface area contributed by atoms with Crippen LogP contribution >= 0.6 is 23.4 Å². The maximum absolute atomic E-state index is 13.4. The molecule has 43 heavy (non-hydrogen) atoms. The number of carbonyl (C=O) groups excluding carboxylic acids is 2. The van der Waals surface area contributed by atoms with Gasteiger partial charge in [-0.2, -0.15) is 0 Å².